The Morgan fingerprint density at radius 2 is 1.82 bits per heavy atom. The van der Waals surface area contributed by atoms with E-state index in [9.17, 15) is 23.6 Å². The van der Waals surface area contributed by atoms with Crippen molar-refractivity contribution in [1.82, 2.24) is 0 Å². The Balaban J connectivity index is 1.85. The van der Waals surface area contributed by atoms with Gasteiger partial charge in [0.15, 0.2) is 0 Å². The van der Waals surface area contributed by atoms with E-state index in [0.29, 0.717) is 12.0 Å². The number of benzene rings is 1. The molecule has 0 N–H and O–H groups in total. The molecule has 1 atom stereocenters. The second kappa shape index (κ2) is 7.62. The van der Waals surface area contributed by atoms with Gasteiger partial charge >= 0.3 is 5.97 Å². The van der Waals surface area contributed by atoms with Crippen LogP contribution in [-0.2, 0) is 26.2 Å². The SMILES string of the molecule is CC(C)(C#N)c1c(F)cc(CCC2(C3CCCC3)CC(=O)CC(=O)O2)cc1F. The Morgan fingerprint density at radius 3 is 2.36 bits per heavy atom. The van der Waals surface area contributed by atoms with Gasteiger partial charge in [0.2, 0.25) is 0 Å². The number of Topliss-reactive ketones (excluding diaryl/α,β-unsaturated/α-hetero) is 1. The fourth-order valence-corrected chi connectivity index (χ4v) is 4.66. The molecule has 150 valence electrons. The number of ketones is 1. The van der Waals surface area contributed by atoms with Gasteiger partial charge in [-0.1, -0.05) is 12.8 Å². The summed E-state index contributed by atoms with van der Waals surface area (Å²) in [4.78, 5) is 24.1. The molecule has 1 unspecified atom stereocenters. The summed E-state index contributed by atoms with van der Waals surface area (Å²) in [5, 5.41) is 9.18. The standard InChI is InChI=1S/C22H25F2NO3/c1-21(2,13-25)20-17(23)9-14(10-18(20)24)7-8-22(15-5-3-4-6-15)12-16(26)11-19(27)28-22/h9-10,15H,3-8,11-12H2,1-2H3. The van der Waals surface area contributed by atoms with E-state index in [2.05, 4.69) is 0 Å². The normalized spacial score (nSPS) is 23.5. The van der Waals surface area contributed by atoms with Crippen LogP contribution in [0, 0.1) is 28.9 Å². The van der Waals surface area contributed by atoms with Crippen molar-refractivity contribution < 1.29 is 23.1 Å². The van der Waals surface area contributed by atoms with Crippen LogP contribution in [0.2, 0.25) is 0 Å². The summed E-state index contributed by atoms with van der Waals surface area (Å²) in [5.74, 6) is -2.05. The van der Waals surface area contributed by atoms with Crippen molar-refractivity contribution in [1.29, 1.82) is 5.26 Å². The van der Waals surface area contributed by atoms with Crippen LogP contribution in [0.4, 0.5) is 8.78 Å². The molecule has 1 saturated heterocycles. The third kappa shape index (κ3) is 3.94. The van der Waals surface area contributed by atoms with E-state index in [1.165, 1.54) is 26.0 Å². The largest absolute Gasteiger partial charge is 0.458 e. The molecule has 0 amide bonds. The van der Waals surface area contributed by atoms with Gasteiger partial charge in [-0.25, -0.2) is 8.78 Å². The van der Waals surface area contributed by atoms with Crippen LogP contribution in [0.25, 0.3) is 0 Å². The first-order chi connectivity index (χ1) is 13.2. The zero-order valence-corrected chi connectivity index (χ0v) is 16.3. The van der Waals surface area contributed by atoms with E-state index in [1.54, 1.807) is 0 Å². The molecule has 2 fully saturated rings. The average molecular weight is 389 g/mol. The Labute approximate surface area is 163 Å². The van der Waals surface area contributed by atoms with Gasteiger partial charge < -0.3 is 4.74 Å². The van der Waals surface area contributed by atoms with Crippen LogP contribution in [-0.4, -0.2) is 17.4 Å². The molecule has 28 heavy (non-hydrogen) atoms. The number of aryl methyl sites for hydroxylation is 1. The first kappa shape index (κ1) is 20.4. The number of carbonyl (C=O) groups is 2. The van der Waals surface area contributed by atoms with E-state index in [0.717, 1.165) is 25.7 Å². The summed E-state index contributed by atoms with van der Waals surface area (Å²) < 4.78 is 34.8. The van der Waals surface area contributed by atoms with Gasteiger partial charge in [-0.15, -0.1) is 0 Å². The molecule has 1 saturated carbocycles. The van der Waals surface area contributed by atoms with E-state index in [1.807, 2.05) is 6.07 Å². The summed E-state index contributed by atoms with van der Waals surface area (Å²) in [7, 11) is 0. The van der Waals surface area contributed by atoms with Gasteiger partial charge in [-0.2, -0.15) is 5.26 Å². The number of nitriles is 1. The van der Waals surface area contributed by atoms with Crippen LogP contribution in [0.5, 0.6) is 0 Å². The van der Waals surface area contributed by atoms with Gasteiger partial charge in [-0.05, 0) is 63.1 Å². The molecule has 3 rings (SSSR count). The average Bonchev–Trinajstić information content (AvgIpc) is 3.14. The third-order valence-corrected chi connectivity index (χ3v) is 6.10. The summed E-state index contributed by atoms with van der Waals surface area (Å²) >= 11 is 0. The Bertz CT molecular complexity index is 796. The molecule has 1 heterocycles. The third-order valence-electron chi connectivity index (χ3n) is 6.10. The highest BCUT2D eigenvalue weighted by molar-refractivity contribution is 5.98. The Hall–Kier alpha value is -2.29. The van der Waals surface area contributed by atoms with Gasteiger partial charge in [0.25, 0.3) is 0 Å². The van der Waals surface area contributed by atoms with Crippen molar-refractivity contribution >= 4 is 11.8 Å². The molecule has 0 aromatic heterocycles. The molecule has 0 radical (unpaired) electrons. The fourth-order valence-electron chi connectivity index (χ4n) is 4.66. The first-order valence-electron chi connectivity index (χ1n) is 9.80. The first-order valence-corrected chi connectivity index (χ1v) is 9.80. The fraction of sp³-hybridized carbons (Fsp3) is 0.591. The van der Waals surface area contributed by atoms with Crippen molar-refractivity contribution in [2.75, 3.05) is 0 Å². The molecule has 0 bridgehead atoms. The van der Waals surface area contributed by atoms with Crippen LogP contribution >= 0.6 is 0 Å². The number of nitrogens with zero attached hydrogens (tertiary/aromatic N) is 1. The second-order valence-corrected chi connectivity index (χ2v) is 8.58. The highest BCUT2D eigenvalue weighted by Crippen LogP contribution is 2.44. The predicted octanol–water partition coefficient (Wildman–Crippen LogP) is 4.53. The van der Waals surface area contributed by atoms with Crippen molar-refractivity contribution in [3.05, 3.63) is 34.9 Å². The lowest BCUT2D eigenvalue weighted by Crippen LogP contribution is -2.48. The summed E-state index contributed by atoms with van der Waals surface area (Å²) in [5.41, 5.74) is -1.97. The minimum absolute atomic E-state index is 0.104. The maximum atomic E-state index is 14.5. The molecule has 0 spiro atoms. The van der Waals surface area contributed by atoms with Gasteiger partial charge in [-0.3, -0.25) is 9.59 Å². The zero-order valence-electron chi connectivity index (χ0n) is 16.3. The van der Waals surface area contributed by atoms with Crippen molar-refractivity contribution in [3.63, 3.8) is 0 Å². The number of hydrogen-bond acceptors (Lipinski definition) is 4. The molecule has 6 heteroatoms. The number of ether oxygens (including phenoxy) is 1. The topological polar surface area (TPSA) is 67.2 Å². The number of hydrogen-bond donors (Lipinski definition) is 0. The van der Waals surface area contributed by atoms with E-state index in [4.69, 9.17) is 4.74 Å². The molecule has 1 aliphatic carbocycles. The number of halogens is 2. The van der Waals surface area contributed by atoms with Crippen LogP contribution < -0.4 is 0 Å². The molecular weight excluding hydrogens is 364 g/mol. The maximum absolute atomic E-state index is 14.5. The summed E-state index contributed by atoms with van der Waals surface area (Å²) in [6, 6.07) is 4.41. The predicted molar refractivity (Wildman–Crippen MR) is 98.3 cm³/mol. The quantitative estimate of drug-likeness (QED) is 0.548. The van der Waals surface area contributed by atoms with Crippen molar-refractivity contribution in [3.8, 4) is 6.07 Å². The number of carbonyl (C=O) groups excluding carboxylic acids is 2. The lowest BCUT2D eigenvalue weighted by molar-refractivity contribution is -0.178. The Morgan fingerprint density at radius 1 is 1.21 bits per heavy atom. The molecular formula is C22H25F2NO3. The number of rotatable bonds is 5. The monoisotopic (exact) mass is 389 g/mol. The lowest BCUT2D eigenvalue weighted by Gasteiger charge is -2.41. The van der Waals surface area contributed by atoms with E-state index in [-0.39, 0.29) is 36.5 Å². The minimum Gasteiger partial charge on any atom is -0.458 e. The second-order valence-electron chi connectivity index (χ2n) is 8.58. The Kier molecular flexibility index (Phi) is 5.56. The highest BCUT2D eigenvalue weighted by atomic mass is 19.1. The number of cyclic esters (lactones) is 1. The molecule has 4 nitrogen and oxygen atoms in total. The molecule has 2 aliphatic rings. The van der Waals surface area contributed by atoms with Crippen LogP contribution in [0.1, 0.15) is 69.9 Å². The maximum Gasteiger partial charge on any atom is 0.313 e. The van der Waals surface area contributed by atoms with Crippen molar-refractivity contribution in [2.45, 2.75) is 76.2 Å². The molecule has 1 aliphatic heterocycles. The number of esters is 1. The van der Waals surface area contributed by atoms with Gasteiger partial charge in [0.05, 0.1) is 11.5 Å². The van der Waals surface area contributed by atoms with Crippen LogP contribution in [0.3, 0.4) is 0 Å². The lowest BCUT2D eigenvalue weighted by atomic mass is 9.76. The van der Waals surface area contributed by atoms with Crippen molar-refractivity contribution in [2.24, 2.45) is 5.92 Å². The minimum atomic E-state index is -1.27. The smallest absolute Gasteiger partial charge is 0.313 e. The van der Waals surface area contributed by atoms with Gasteiger partial charge in [0, 0.05) is 12.0 Å². The van der Waals surface area contributed by atoms with Crippen LogP contribution in [0.15, 0.2) is 12.1 Å². The summed E-state index contributed by atoms with van der Waals surface area (Å²) in [6.07, 6.45) is 4.45. The molecule has 1 aromatic carbocycles. The summed E-state index contributed by atoms with van der Waals surface area (Å²) in [6.45, 7) is 2.94. The van der Waals surface area contributed by atoms with E-state index >= 15 is 0 Å². The zero-order chi connectivity index (χ0) is 20.5. The highest BCUT2D eigenvalue weighted by Gasteiger charge is 2.47. The van der Waals surface area contributed by atoms with E-state index < -0.39 is 28.6 Å². The molecule has 1 aromatic rings. The van der Waals surface area contributed by atoms with Gasteiger partial charge in [0.1, 0.15) is 29.4 Å².